The van der Waals surface area contributed by atoms with Gasteiger partial charge in [0.1, 0.15) is 0 Å². The smallest absolute Gasteiger partial charge is 0.0502 e. The zero-order chi connectivity index (χ0) is 6.53. The molecule has 1 heteroatoms. The summed E-state index contributed by atoms with van der Waals surface area (Å²) in [5.74, 6) is 2.70. The lowest BCUT2D eigenvalue weighted by Crippen LogP contribution is -2.04. The Morgan fingerprint density at radius 1 is 1.22 bits per heavy atom. The van der Waals surface area contributed by atoms with Crippen molar-refractivity contribution in [2.45, 2.75) is 38.5 Å². The topological polar surface area (TPSA) is 0 Å². The van der Waals surface area contributed by atoms with E-state index in [1.807, 2.05) is 0 Å². The van der Waals surface area contributed by atoms with Crippen molar-refractivity contribution in [1.29, 1.82) is 0 Å². The maximum atomic E-state index is 5.51. The van der Waals surface area contributed by atoms with Gasteiger partial charge in [-0.2, -0.15) is 0 Å². The van der Waals surface area contributed by atoms with Crippen molar-refractivity contribution >= 4 is 11.6 Å². The van der Waals surface area contributed by atoms with Gasteiger partial charge in [-0.05, 0) is 12.3 Å². The van der Waals surface area contributed by atoms with E-state index >= 15 is 0 Å². The van der Waals surface area contributed by atoms with E-state index in [4.69, 9.17) is 11.6 Å². The lowest BCUT2D eigenvalue weighted by Gasteiger charge is -2.19. The van der Waals surface area contributed by atoms with Gasteiger partial charge < -0.3 is 0 Å². The molecule has 0 heterocycles. The maximum Gasteiger partial charge on any atom is 0.0502 e. The second-order valence-electron chi connectivity index (χ2n) is 2.89. The Kier molecular flexibility index (Phi) is 3.42. The second-order valence-corrected chi connectivity index (χ2v) is 3.20. The van der Waals surface area contributed by atoms with Gasteiger partial charge >= 0.3 is 0 Å². The van der Waals surface area contributed by atoms with Crippen molar-refractivity contribution in [2.24, 2.45) is 5.92 Å². The largest absolute Gasteiger partial charge is 0.121 e. The van der Waals surface area contributed by atoms with Gasteiger partial charge in [0, 0.05) is 0 Å². The molecule has 1 aliphatic rings. The zero-order valence-corrected chi connectivity index (χ0v) is 6.53. The summed E-state index contributed by atoms with van der Waals surface area (Å²) in [6, 6.07) is 0. The average Bonchev–Trinajstić information content (AvgIpc) is 1.91. The minimum Gasteiger partial charge on any atom is -0.121 e. The summed E-state index contributed by atoms with van der Waals surface area (Å²) in [5.41, 5.74) is 0. The molecule has 0 aromatic heterocycles. The third-order valence-electron chi connectivity index (χ3n) is 2.15. The van der Waals surface area contributed by atoms with Crippen LogP contribution in [0.2, 0.25) is 0 Å². The molecule has 0 amide bonds. The molecule has 0 bridgehead atoms. The van der Waals surface area contributed by atoms with Crippen molar-refractivity contribution in [3.63, 3.8) is 0 Å². The molecule has 1 rings (SSSR count). The van der Waals surface area contributed by atoms with Gasteiger partial charge in [0.25, 0.3) is 0 Å². The molecule has 1 saturated carbocycles. The quantitative estimate of drug-likeness (QED) is 0.559. The first-order chi connectivity index (χ1) is 4.43. The summed E-state index contributed by atoms with van der Waals surface area (Å²) >= 11 is 5.51. The molecule has 0 saturated heterocycles. The number of halogens is 1. The van der Waals surface area contributed by atoms with Crippen LogP contribution in [0.15, 0.2) is 0 Å². The summed E-state index contributed by atoms with van der Waals surface area (Å²) in [6.07, 6.45) is 8.23. The van der Waals surface area contributed by atoms with E-state index in [9.17, 15) is 0 Å². The van der Waals surface area contributed by atoms with Crippen LogP contribution in [-0.2, 0) is 0 Å². The molecule has 1 aliphatic carbocycles. The molecular weight excluding hydrogens is 132 g/mol. The summed E-state index contributed by atoms with van der Waals surface area (Å²) in [6.45, 7) is 0. The Labute approximate surface area is 62.6 Å². The van der Waals surface area contributed by atoms with Gasteiger partial charge in [-0.3, -0.25) is 0 Å². The lowest BCUT2D eigenvalue weighted by molar-refractivity contribution is 0.358. The normalized spacial score (nSPS) is 22.3. The van der Waals surface area contributed by atoms with E-state index in [1.165, 1.54) is 32.1 Å². The lowest BCUT2D eigenvalue weighted by atomic mass is 9.88. The van der Waals surface area contributed by atoms with E-state index in [1.54, 1.807) is 5.88 Å². The van der Waals surface area contributed by atoms with Crippen molar-refractivity contribution in [3.05, 3.63) is 5.88 Å². The maximum absolute atomic E-state index is 5.51. The van der Waals surface area contributed by atoms with Crippen LogP contribution in [0.25, 0.3) is 0 Å². The van der Waals surface area contributed by atoms with Crippen LogP contribution in [0.4, 0.5) is 0 Å². The highest BCUT2D eigenvalue weighted by molar-refractivity contribution is 6.23. The number of rotatable bonds is 2. The fourth-order valence-electron chi connectivity index (χ4n) is 1.55. The molecule has 1 radical (unpaired) electrons. The summed E-state index contributed by atoms with van der Waals surface area (Å²) in [5, 5.41) is 0. The van der Waals surface area contributed by atoms with Gasteiger partial charge in [0.2, 0.25) is 0 Å². The Morgan fingerprint density at radius 3 is 2.44 bits per heavy atom. The van der Waals surface area contributed by atoms with E-state index in [0.717, 1.165) is 12.3 Å². The third-order valence-corrected chi connectivity index (χ3v) is 2.33. The van der Waals surface area contributed by atoms with Crippen LogP contribution in [0, 0.1) is 11.8 Å². The van der Waals surface area contributed by atoms with Gasteiger partial charge in [0.15, 0.2) is 0 Å². The summed E-state index contributed by atoms with van der Waals surface area (Å²) in [4.78, 5) is 0. The molecule has 53 valence electrons. The summed E-state index contributed by atoms with van der Waals surface area (Å²) in [7, 11) is 0. The zero-order valence-electron chi connectivity index (χ0n) is 5.78. The Hall–Kier alpha value is 0.290. The molecule has 0 aromatic rings. The minimum absolute atomic E-state index is 0.913. The van der Waals surface area contributed by atoms with Crippen molar-refractivity contribution in [3.8, 4) is 0 Å². The monoisotopic (exact) mass is 145 g/mol. The predicted octanol–water partition coefficient (Wildman–Crippen LogP) is 3.36. The van der Waals surface area contributed by atoms with Gasteiger partial charge in [0.05, 0.1) is 5.88 Å². The Balaban J connectivity index is 2.08. The van der Waals surface area contributed by atoms with Crippen LogP contribution in [0.1, 0.15) is 38.5 Å². The SMILES string of the molecule is Cl[CH]CC1CCCCC1. The molecule has 0 atom stereocenters. The molecular formula is C8H14Cl. The Morgan fingerprint density at radius 2 is 1.89 bits per heavy atom. The molecule has 0 unspecified atom stereocenters. The second kappa shape index (κ2) is 4.16. The predicted molar refractivity (Wildman–Crippen MR) is 41.3 cm³/mol. The Bertz CT molecular complexity index is 62.2. The van der Waals surface area contributed by atoms with E-state index < -0.39 is 0 Å². The molecule has 0 N–H and O–H groups in total. The van der Waals surface area contributed by atoms with Gasteiger partial charge in [-0.1, -0.05) is 32.1 Å². The highest BCUT2D eigenvalue weighted by Crippen LogP contribution is 2.27. The molecule has 1 fully saturated rings. The van der Waals surface area contributed by atoms with Crippen LogP contribution < -0.4 is 0 Å². The molecule has 0 aromatic carbocycles. The third kappa shape index (κ3) is 2.57. The van der Waals surface area contributed by atoms with E-state index in [0.29, 0.717) is 0 Å². The standard InChI is InChI=1S/C8H14Cl/c9-7-6-8-4-2-1-3-5-8/h7-8H,1-6H2. The van der Waals surface area contributed by atoms with Crippen molar-refractivity contribution in [1.82, 2.24) is 0 Å². The van der Waals surface area contributed by atoms with E-state index in [2.05, 4.69) is 0 Å². The van der Waals surface area contributed by atoms with Crippen molar-refractivity contribution in [2.75, 3.05) is 0 Å². The van der Waals surface area contributed by atoms with E-state index in [-0.39, 0.29) is 0 Å². The first-order valence-electron chi connectivity index (χ1n) is 3.85. The first-order valence-corrected chi connectivity index (χ1v) is 4.29. The molecule has 0 aliphatic heterocycles. The number of hydrogen-bond donors (Lipinski definition) is 0. The average molecular weight is 146 g/mol. The first kappa shape index (κ1) is 7.40. The fourth-order valence-corrected chi connectivity index (χ4v) is 1.80. The van der Waals surface area contributed by atoms with Crippen LogP contribution >= 0.6 is 11.6 Å². The minimum atomic E-state index is 0.913. The van der Waals surface area contributed by atoms with Crippen LogP contribution in [-0.4, -0.2) is 0 Å². The van der Waals surface area contributed by atoms with Gasteiger partial charge in [-0.25, -0.2) is 0 Å². The summed E-state index contributed by atoms with van der Waals surface area (Å²) < 4.78 is 0. The van der Waals surface area contributed by atoms with Crippen LogP contribution in [0.5, 0.6) is 0 Å². The fraction of sp³-hybridized carbons (Fsp3) is 0.875. The molecule has 0 nitrogen and oxygen atoms in total. The highest BCUT2D eigenvalue weighted by atomic mass is 35.5. The van der Waals surface area contributed by atoms with Crippen LogP contribution in [0.3, 0.4) is 0 Å². The molecule has 0 spiro atoms. The molecule has 9 heavy (non-hydrogen) atoms. The number of hydrogen-bond acceptors (Lipinski definition) is 0. The van der Waals surface area contributed by atoms with Crippen molar-refractivity contribution < 1.29 is 0 Å². The van der Waals surface area contributed by atoms with Gasteiger partial charge in [-0.15, -0.1) is 11.6 Å². The highest BCUT2D eigenvalue weighted by Gasteiger charge is 2.11.